The van der Waals surface area contributed by atoms with Crippen molar-refractivity contribution in [2.45, 2.75) is 12.8 Å². The molecule has 0 spiro atoms. The van der Waals surface area contributed by atoms with Gasteiger partial charge in [0.25, 0.3) is 0 Å². The number of nitrogens with zero attached hydrogens (tertiary/aromatic N) is 4. The summed E-state index contributed by atoms with van der Waals surface area (Å²) >= 11 is 0. The van der Waals surface area contributed by atoms with Crippen LogP contribution in [-0.4, -0.2) is 26.7 Å². The second-order valence-electron chi connectivity index (χ2n) is 7.03. The number of fused-ring (bicyclic) bond motifs is 1. The van der Waals surface area contributed by atoms with E-state index in [-0.39, 0.29) is 0 Å². The number of aromatic nitrogens is 4. The number of rotatable bonds is 4. The molecule has 1 aromatic carbocycles. The van der Waals surface area contributed by atoms with Gasteiger partial charge in [0.2, 0.25) is 5.88 Å². The molecule has 148 valence electrons. The molecule has 0 aliphatic carbocycles. The fourth-order valence-electron chi connectivity index (χ4n) is 3.70. The fraction of sp³-hybridized carbons (Fsp3) is 0.130. The van der Waals surface area contributed by atoms with E-state index in [1.807, 2.05) is 54.7 Å². The van der Waals surface area contributed by atoms with Crippen molar-refractivity contribution in [3.8, 4) is 33.9 Å². The maximum atomic E-state index is 6.16. The van der Waals surface area contributed by atoms with Crippen LogP contribution in [0.3, 0.4) is 0 Å². The predicted octanol–water partition coefficient (Wildman–Crippen LogP) is 4.33. The van der Waals surface area contributed by atoms with Crippen LogP contribution in [0.1, 0.15) is 12.0 Å². The summed E-state index contributed by atoms with van der Waals surface area (Å²) < 4.78 is 6.16. The summed E-state index contributed by atoms with van der Waals surface area (Å²) in [7, 11) is 0. The molecule has 7 nitrogen and oxygen atoms in total. The fourth-order valence-corrected chi connectivity index (χ4v) is 3.70. The van der Waals surface area contributed by atoms with Gasteiger partial charge in [0, 0.05) is 35.6 Å². The third kappa shape index (κ3) is 3.41. The molecular weight excluding hydrogens is 376 g/mol. The smallest absolute Gasteiger partial charge is 0.227 e. The molecule has 4 aromatic rings. The minimum absolute atomic E-state index is 0.397. The summed E-state index contributed by atoms with van der Waals surface area (Å²) in [5, 5.41) is 11.1. The number of hydrogen-bond donors (Lipinski definition) is 2. The van der Waals surface area contributed by atoms with E-state index in [9.17, 15) is 0 Å². The molecule has 3 aromatic heterocycles. The number of anilines is 2. The molecule has 30 heavy (non-hydrogen) atoms. The lowest BCUT2D eigenvalue weighted by molar-refractivity contribution is 0.465. The molecule has 7 heteroatoms. The van der Waals surface area contributed by atoms with Crippen molar-refractivity contribution >= 4 is 11.6 Å². The van der Waals surface area contributed by atoms with Crippen LogP contribution >= 0.6 is 0 Å². The highest BCUT2D eigenvalue weighted by Gasteiger charge is 2.18. The molecule has 0 unspecified atom stereocenters. The Morgan fingerprint density at radius 1 is 0.867 bits per heavy atom. The highest BCUT2D eigenvalue weighted by atomic mass is 16.5. The van der Waals surface area contributed by atoms with Gasteiger partial charge in [-0.1, -0.05) is 12.1 Å². The number of pyridine rings is 2. The highest BCUT2D eigenvalue weighted by Crippen LogP contribution is 2.37. The van der Waals surface area contributed by atoms with Crippen molar-refractivity contribution in [2.75, 3.05) is 17.6 Å². The van der Waals surface area contributed by atoms with Gasteiger partial charge in [0.1, 0.15) is 11.6 Å². The van der Waals surface area contributed by atoms with Gasteiger partial charge in [0.15, 0.2) is 5.82 Å². The molecule has 5 rings (SSSR count). The van der Waals surface area contributed by atoms with E-state index in [1.54, 1.807) is 12.4 Å². The number of nitrogen functional groups attached to an aromatic ring is 1. The summed E-state index contributed by atoms with van der Waals surface area (Å²) in [5.74, 6) is 2.60. The normalized spacial score (nSPS) is 12.7. The molecule has 1 aliphatic rings. The van der Waals surface area contributed by atoms with Gasteiger partial charge < -0.3 is 15.8 Å². The minimum Gasteiger partial charge on any atom is -0.438 e. The summed E-state index contributed by atoms with van der Waals surface area (Å²) in [6.45, 7) is 0.948. The van der Waals surface area contributed by atoms with Gasteiger partial charge in [0.05, 0.1) is 6.20 Å². The van der Waals surface area contributed by atoms with Crippen LogP contribution in [0, 0.1) is 0 Å². The first-order valence-corrected chi connectivity index (χ1v) is 9.82. The van der Waals surface area contributed by atoms with E-state index < -0.39 is 0 Å². The van der Waals surface area contributed by atoms with E-state index in [0.29, 0.717) is 17.4 Å². The van der Waals surface area contributed by atoms with E-state index >= 15 is 0 Å². The van der Waals surface area contributed by atoms with Crippen LogP contribution in [0.2, 0.25) is 0 Å². The van der Waals surface area contributed by atoms with Crippen molar-refractivity contribution in [1.29, 1.82) is 0 Å². The first-order chi connectivity index (χ1) is 14.8. The van der Waals surface area contributed by atoms with E-state index in [0.717, 1.165) is 47.5 Å². The zero-order chi connectivity index (χ0) is 20.3. The molecule has 1 aliphatic heterocycles. The van der Waals surface area contributed by atoms with Crippen LogP contribution in [0.5, 0.6) is 11.6 Å². The molecule has 0 atom stereocenters. The number of nitrogens with two attached hydrogens (primary N) is 1. The van der Waals surface area contributed by atoms with Crippen LogP contribution in [0.4, 0.5) is 11.6 Å². The minimum atomic E-state index is 0.397. The monoisotopic (exact) mass is 396 g/mol. The SMILES string of the molecule is Nc1nnccc1-c1ccc(Oc2ncccc2-c2ccnc3c2CCCN3)cc1. The summed E-state index contributed by atoms with van der Waals surface area (Å²) in [6.07, 6.45) is 7.25. The highest BCUT2D eigenvalue weighted by molar-refractivity contribution is 5.76. The quantitative estimate of drug-likeness (QED) is 0.529. The average Bonchev–Trinajstić information content (AvgIpc) is 2.80. The molecule has 0 radical (unpaired) electrons. The molecule has 0 amide bonds. The molecule has 4 heterocycles. The van der Waals surface area contributed by atoms with Gasteiger partial charge in [-0.3, -0.25) is 0 Å². The van der Waals surface area contributed by atoms with Gasteiger partial charge in [-0.2, -0.15) is 5.10 Å². The zero-order valence-electron chi connectivity index (χ0n) is 16.2. The molecule has 0 saturated carbocycles. The average molecular weight is 396 g/mol. The second-order valence-corrected chi connectivity index (χ2v) is 7.03. The Hall–Kier alpha value is -4.00. The first kappa shape index (κ1) is 18.1. The Morgan fingerprint density at radius 2 is 1.73 bits per heavy atom. The predicted molar refractivity (Wildman–Crippen MR) is 116 cm³/mol. The Kier molecular flexibility index (Phi) is 4.69. The molecule has 3 N–H and O–H groups in total. The number of ether oxygens (including phenoxy) is 1. The summed E-state index contributed by atoms with van der Waals surface area (Å²) in [5.41, 5.74) is 11.0. The molecule has 0 bridgehead atoms. The van der Waals surface area contributed by atoms with Crippen LogP contribution in [-0.2, 0) is 6.42 Å². The molecule has 0 saturated heterocycles. The lowest BCUT2D eigenvalue weighted by Gasteiger charge is -2.20. The largest absolute Gasteiger partial charge is 0.438 e. The topological polar surface area (TPSA) is 98.8 Å². The summed E-state index contributed by atoms with van der Waals surface area (Å²) in [6, 6.07) is 15.5. The number of hydrogen-bond acceptors (Lipinski definition) is 7. The third-order valence-electron chi connectivity index (χ3n) is 5.14. The van der Waals surface area contributed by atoms with Crippen molar-refractivity contribution in [3.05, 3.63) is 72.7 Å². The number of benzene rings is 1. The zero-order valence-corrected chi connectivity index (χ0v) is 16.2. The second kappa shape index (κ2) is 7.79. The third-order valence-corrected chi connectivity index (χ3v) is 5.14. The standard InChI is InChI=1S/C23H20N6O/c24-21-17(10-14-28-29-21)15-5-7-16(8-6-15)30-23-20(4-2-12-27-23)18-9-13-26-22-19(18)3-1-11-25-22/h2,4-10,12-14H,1,3,11H2,(H2,24,29)(H,25,26). The Balaban J connectivity index is 1.47. The number of nitrogens with one attached hydrogen (secondary N) is 1. The van der Waals surface area contributed by atoms with E-state index in [4.69, 9.17) is 10.5 Å². The van der Waals surface area contributed by atoms with Crippen LogP contribution in [0.25, 0.3) is 22.3 Å². The van der Waals surface area contributed by atoms with Gasteiger partial charge in [-0.15, -0.1) is 5.10 Å². The van der Waals surface area contributed by atoms with Crippen molar-refractivity contribution in [1.82, 2.24) is 20.2 Å². The van der Waals surface area contributed by atoms with Crippen LogP contribution in [0.15, 0.2) is 67.1 Å². The van der Waals surface area contributed by atoms with Crippen molar-refractivity contribution in [2.24, 2.45) is 0 Å². The Bertz CT molecular complexity index is 1190. The Labute approximate surface area is 174 Å². The maximum Gasteiger partial charge on any atom is 0.227 e. The van der Waals surface area contributed by atoms with Gasteiger partial charge in [-0.05, 0) is 60.4 Å². The first-order valence-electron chi connectivity index (χ1n) is 9.82. The van der Waals surface area contributed by atoms with E-state index in [2.05, 4.69) is 25.5 Å². The Morgan fingerprint density at radius 3 is 2.60 bits per heavy atom. The molecule has 0 fully saturated rings. The van der Waals surface area contributed by atoms with Crippen molar-refractivity contribution < 1.29 is 4.74 Å². The summed E-state index contributed by atoms with van der Waals surface area (Å²) in [4.78, 5) is 8.97. The lowest BCUT2D eigenvalue weighted by Crippen LogP contribution is -2.14. The van der Waals surface area contributed by atoms with Crippen molar-refractivity contribution in [3.63, 3.8) is 0 Å². The maximum absolute atomic E-state index is 6.16. The van der Waals surface area contributed by atoms with Gasteiger partial charge >= 0.3 is 0 Å². The van der Waals surface area contributed by atoms with Crippen LogP contribution < -0.4 is 15.8 Å². The lowest BCUT2D eigenvalue weighted by atomic mass is 9.96. The van der Waals surface area contributed by atoms with Gasteiger partial charge in [-0.25, -0.2) is 9.97 Å². The van der Waals surface area contributed by atoms with E-state index in [1.165, 1.54) is 5.56 Å². The molecular formula is C23H20N6O.